The molecule has 0 saturated carbocycles. The van der Waals surface area contributed by atoms with Crippen molar-refractivity contribution in [2.45, 2.75) is 32.2 Å². The van der Waals surface area contributed by atoms with E-state index in [1.54, 1.807) is 12.1 Å². The topological polar surface area (TPSA) is 55.1 Å². The number of halogens is 2. The smallest absolute Gasteiger partial charge is 0.224 e. The highest BCUT2D eigenvalue weighted by Gasteiger charge is 2.26. The molecule has 0 heterocycles. The van der Waals surface area contributed by atoms with Crippen LogP contribution in [0.4, 0.5) is 4.39 Å². The van der Waals surface area contributed by atoms with Crippen LogP contribution in [0.3, 0.4) is 0 Å². The molecule has 0 radical (unpaired) electrons. The van der Waals surface area contributed by atoms with Crippen LogP contribution >= 0.6 is 12.4 Å². The van der Waals surface area contributed by atoms with Crippen LogP contribution in [0.2, 0.25) is 0 Å². The number of amides is 1. The molecule has 0 bridgehead atoms. The number of rotatable bonds is 6. The zero-order valence-electron chi connectivity index (χ0n) is 14.8. The van der Waals surface area contributed by atoms with Gasteiger partial charge in [0.15, 0.2) is 0 Å². The summed E-state index contributed by atoms with van der Waals surface area (Å²) in [5.74, 6) is -0.681. The Morgan fingerprint density at radius 3 is 2.24 bits per heavy atom. The molecule has 0 saturated heterocycles. The molecule has 2 aromatic carbocycles. The van der Waals surface area contributed by atoms with E-state index in [9.17, 15) is 9.18 Å². The van der Waals surface area contributed by atoms with Crippen molar-refractivity contribution in [3.8, 4) is 0 Å². The van der Waals surface area contributed by atoms with E-state index in [-0.39, 0.29) is 41.5 Å². The summed E-state index contributed by atoms with van der Waals surface area (Å²) in [4.78, 5) is 12.4. The Morgan fingerprint density at radius 2 is 1.68 bits per heavy atom. The summed E-state index contributed by atoms with van der Waals surface area (Å²) in [6.45, 7) is 6.33. The fourth-order valence-corrected chi connectivity index (χ4v) is 2.60. The van der Waals surface area contributed by atoms with E-state index in [4.69, 9.17) is 5.73 Å². The van der Waals surface area contributed by atoms with E-state index in [0.29, 0.717) is 6.54 Å². The second-order valence-electron chi connectivity index (χ2n) is 6.83. The van der Waals surface area contributed by atoms with Crippen molar-refractivity contribution in [2.24, 2.45) is 11.7 Å². The van der Waals surface area contributed by atoms with E-state index in [0.717, 1.165) is 11.1 Å². The lowest BCUT2D eigenvalue weighted by atomic mass is 9.84. The lowest BCUT2D eigenvalue weighted by Gasteiger charge is -2.27. The Balaban J connectivity index is 0.00000312. The Kier molecular flexibility index (Phi) is 7.59. The van der Waals surface area contributed by atoms with Crippen molar-refractivity contribution in [1.82, 2.24) is 5.32 Å². The van der Waals surface area contributed by atoms with Crippen molar-refractivity contribution < 1.29 is 9.18 Å². The molecule has 136 valence electrons. The van der Waals surface area contributed by atoms with E-state index >= 15 is 0 Å². The predicted molar refractivity (Wildman–Crippen MR) is 102 cm³/mol. The molecule has 2 aromatic rings. The second kappa shape index (κ2) is 8.97. The maximum Gasteiger partial charge on any atom is 0.224 e. The van der Waals surface area contributed by atoms with Crippen LogP contribution in [0, 0.1) is 11.7 Å². The quantitative estimate of drug-likeness (QED) is 0.814. The summed E-state index contributed by atoms with van der Waals surface area (Å²) in [5.41, 5.74) is 7.83. The average molecular weight is 365 g/mol. The molecular weight excluding hydrogens is 339 g/mol. The van der Waals surface area contributed by atoms with Crippen LogP contribution in [0.1, 0.15) is 37.9 Å². The molecule has 25 heavy (non-hydrogen) atoms. The number of carbonyl (C=O) groups is 1. The molecular formula is C20H26ClFN2O. The first kappa shape index (κ1) is 21.1. The molecule has 0 aliphatic rings. The molecule has 0 aliphatic carbocycles. The van der Waals surface area contributed by atoms with Crippen LogP contribution in [0.5, 0.6) is 0 Å². The summed E-state index contributed by atoms with van der Waals surface area (Å²) in [6.07, 6.45) is 0. The highest BCUT2D eigenvalue weighted by atomic mass is 35.5. The first-order valence-electron chi connectivity index (χ1n) is 8.15. The SMILES string of the molecule is CC(C(=O)NCC(C)(C)c1ccc(F)cc1)C(N)c1ccccc1.Cl. The fourth-order valence-electron chi connectivity index (χ4n) is 2.60. The number of nitrogens with two attached hydrogens (primary N) is 1. The van der Waals surface area contributed by atoms with E-state index in [1.807, 2.05) is 51.1 Å². The predicted octanol–water partition coefficient (Wildman–Crippen LogP) is 3.98. The van der Waals surface area contributed by atoms with Crippen molar-refractivity contribution in [3.63, 3.8) is 0 Å². The van der Waals surface area contributed by atoms with Gasteiger partial charge in [-0.05, 0) is 23.3 Å². The van der Waals surface area contributed by atoms with Gasteiger partial charge in [-0.2, -0.15) is 0 Å². The molecule has 3 N–H and O–H groups in total. The minimum absolute atomic E-state index is 0. The number of hydrogen-bond donors (Lipinski definition) is 2. The van der Waals surface area contributed by atoms with Gasteiger partial charge in [0.05, 0.1) is 5.92 Å². The van der Waals surface area contributed by atoms with Gasteiger partial charge < -0.3 is 11.1 Å². The van der Waals surface area contributed by atoms with Crippen LogP contribution in [-0.4, -0.2) is 12.5 Å². The van der Waals surface area contributed by atoms with Crippen molar-refractivity contribution in [3.05, 3.63) is 71.5 Å². The first-order chi connectivity index (χ1) is 11.3. The Bertz CT molecular complexity index is 674. The highest BCUT2D eigenvalue weighted by Crippen LogP contribution is 2.23. The Hall–Kier alpha value is -1.91. The average Bonchev–Trinajstić information content (AvgIpc) is 2.59. The first-order valence-corrected chi connectivity index (χ1v) is 8.15. The maximum absolute atomic E-state index is 13.1. The minimum atomic E-state index is -0.347. The molecule has 0 aliphatic heterocycles. The lowest BCUT2D eigenvalue weighted by molar-refractivity contribution is -0.125. The van der Waals surface area contributed by atoms with Crippen LogP contribution in [0.25, 0.3) is 0 Å². The molecule has 3 nitrogen and oxygen atoms in total. The van der Waals surface area contributed by atoms with Crippen LogP contribution in [0.15, 0.2) is 54.6 Å². The highest BCUT2D eigenvalue weighted by molar-refractivity contribution is 5.85. The third kappa shape index (κ3) is 5.55. The summed E-state index contributed by atoms with van der Waals surface area (Å²) in [5, 5.41) is 2.97. The lowest BCUT2D eigenvalue weighted by Crippen LogP contribution is -2.41. The fraction of sp³-hybridized carbons (Fsp3) is 0.350. The standard InChI is InChI=1S/C20H25FN2O.ClH/c1-14(18(22)15-7-5-4-6-8-15)19(24)23-13-20(2,3)16-9-11-17(21)12-10-16;/h4-12,14,18H,13,22H2,1-3H3,(H,23,24);1H. The van der Waals surface area contributed by atoms with Gasteiger partial charge in [0.25, 0.3) is 0 Å². The Labute approximate surface area is 155 Å². The van der Waals surface area contributed by atoms with Crippen molar-refractivity contribution in [2.75, 3.05) is 6.54 Å². The van der Waals surface area contributed by atoms with Crippen LogP contribution < -0.4 is 11.1 Å². The number of benzene rings is 2. The molecule has 0 spiro atoms. The zero-order chi connectivity index (χ0) is 17.7. The Morgan fingerprint density at radius 1 is 1.12 bits per heavy atom. The largest absolute Gasteiger partial charge is 0.355 e. The van der Waals surface area contributed by atoms with Gasteiger partial charge in [-0.15, -0.1) is 12.4 Å². The summed E-state index contributed by atoms with van der Waals surface area (Å²) >= 11 is 0. The van der Waals surface area contributed by atoms with Gasteiger partial charge in [0.1, 0.15) is 5.82 Å². The maximum atomic E-state index is 13.1. The molecule has 0 aromatic heterocycles. The third-order valence-corrected chi connectivity index (χ3v) is 4.47. The minimum Gasteiger partial charge on any atom is -0.355 e. The summed E-state index contributed by atoms with van der Waals surface area (Å²) < 4.78 is 13.1. The van der Waals surface area contributed by atoms with Gasteiger partial charge in [-0.1, -0.05) is 63.2 Å². The zero-order valence-corrected chi connectivity index (χ0v) is 15.6. The van der Waals surface area contributed by atoms with Crippen molar-refractivity contribution in [1.29, 1.82) is 0 Å². The van der Waals surface area contributed by atoms with Gasteiger partial charge in [0, 0.05) is 18.0 Å². The molecule has 2 atom stereocenters. The number of nitrogens with one attached hydrogen (secondary N) is 1. The molecule has 2 unspecified atom stereocenters. The van der Waals surface area contributed by atoms with E-state index in [1.165, 1.54) is 12.1 Å². The third-order valence-electron chi connectivity index (χ3n) is 4.47. The molecule has 1 amide bonds. The van der Waals surface area contributed by atoms with E-state index < -0.39 is 0 Å². The normalized spacial score (nSPS) is 13.5. The number of carbonyl (C=O) groups excluding carboxylic acids is 1. The summed E-state index contributed by atoms with van der Waals surface area (Å²) in [7, 11) is 0. The molecule has 5 heteroatoms. The van der Waals surface area contributed by atoms with Gasteiger partial charge >= 0.3 is 0 Å². The summed E-state index contributed by atoms with van der Waals surface area (Å²) in [6, 6.07) is 15.6. The van der Waals surface area contributed by atoms with Gasteiger partial charge in [-0.3, -0.25) is 4.79 Å². The van der Waals surface area contributed by atoms with Crippen molar-refractivity contribution >= 4 is 18.3 Å². The van der Waals surface area contributed by atoms with Gasteiger partial charge in [0.2, 0.25) is 5.91 Å². The van der Waals surface area contributed by atoms with Gasteiger partial charge in [-0.25, -0.2) is 4.39 Å². The monoisotopic (exact) mass is 364 g/mol. The molecule has 0 fully saturated rings. The molecule has 2 rings (SSSR count). The van der Waals surface area contributed by atoms with Crippen LogP contribution in [-0.2, 0) is 10.2 Å². The number of hydrogen-bond acceptors (Lipinski definition) is 2. The second-order valence-corrected chi connectivity index (χ2v) is 6.83. The van der Waals surface area contributed by atoms with E-state index in [2.05, 4.69) is 5.32 Å².